The van der Waals surface area contributed by atoms with Crippen molar-refractivity contribution in [1.29, 1.82) is 0 Å². The SMILES string of the molecule is Cc1[c-]c2c3c4c1CCC[C@H]4CCC3CCC2.[CH3-].[Y]. The van der Waals surface area contributed by atoms with Gasteiger partial charge in [-0.15, -0.1) is 16.7 Å². The molecule has 1 unspecified atom stereocenters. The van der Waals surface area contributed by atoms with Crippen molar-refractivity contribution in [2.24, 2.45) is 0 Å². The van der Waals surface area contributed by atoms with E-state index in [9.17, 15) is 0 Å². The molecule has 3 aliphatic rings. The minimum atomic E-state index is 0. The largest absolute Gasteiger partial charge is 0.358 e. The fourth-order valence-electron chi connectivity index (χ4n) is 4.67. The van der Waals surface area contributed by atoms with Crippen molar-refractivity contribution >= 4 is 0 Å². The summed E-state index contributed by atoms with van der Waals surface area (Å²) >= 11 is 0. The summed E-state index contributed by atoms with van der Waals surface area (Å²) in [6.07, 6.45) is 11.3. The van der Waals surface area contributed by atoms with Crippen molar-refractivity contribution < 1.29 is 32.7 Å². The molecule has 1 aromatic rings. The van der Waals surface area contributed by atoms with Gasteiger partial charge in [0.05, 0.1) is 0 Å². The van der Waals surface area contributed by atoms with Crippen LogP contribution in [0.4, 0.5) is 0 Å². The number of rotatable bonds is 0. The standard InChI is InChI=1S/C17H21.CH3.Y/c1-11-10-14-6-2-4-12-8-9-13-5-3-7-15(11)17(13)16(12)14;;/h12-13H,2-9H2,1H3;1H3;/q2*-1;/t12?,13-;;/m0../s1. The van der Waals surface area contributed by atoms with E-state index in [0.29, 0.717) is 0 Å². The summed E-state index contributed by atoms with van der Waals surface area (Å²) in [4.78, 5) is 0. The van der Waals surface area contributed by atoms with Crippen LogP contribution in [0, 0.1) is 20.4 Å². The molecule has 0 saturated heterocycles. The monoisotopic (exact) mass is 329 g/mol. The topological polar surface area (TPSA) is 0 Å². The average molecular weight is 329 g/mol. The molecule has 1 aromatic carbocycles. The third-order valence-corrected chi connectivity index (χ3v) is 5.37. The Hall–Kier alpha value is 0.324. The molecule has 0 bridgehead atoms. The molecule has 19 heavy (non-hydrogen) atoms. The molecule has 4 rings (SSSR count). The van der Waals surface area contributed by atoms with Crippen LogP contribution in [0.5, 0.6) is 0 Å². The molecule has 0 N–H and O–H groups in total. The smallest absolute Gasteiger partial charge is 0 e. The van der Waals surface area contributed by atoms with Gasteiger partial charge in [-0.1, -0.05) is 51.4 Å². The molecule has 3 aliphatic carbocycles. The summed E-state index contributed by atoms with van der Waals surface area (Å²) < 4.78 is 0. The van der Waals surface area contributed by atoms with E-state index in [1.54, 1.807) is 16.7 Å². The minimum absolute atomic E-state index is 0. The van der Waals surface area contributed by atoms with Gasteiger partial charge in [0.25, 0.3) is 0 Å². The van der Waals surface area contributed by atoms with Gasteiger partial charge in [0.15, 0.2) is 0 Å². The van der Waals surface area contributed by atoms with Gasteiger partial charge in [-0.25, -0.2) is 0 Å². The van der Waals surface area contributed by atoms with Crippen LogP contribution in [0.15, 0.2) is 0 Å². The maximum atomic E-state index is 3.74. The third-order valence-electron chi connectivity index (χ3n) is 5.37. The molecule has 0 saturated carbocycles. The van der Waals surface area contributed by atoms with E-state index in [0.717, 1.165) is 11.8 Å². The van der Waals surface area contributed by atoms with Gasteiger partial charge < -0.3 is 7.43 Å². The Morgan fingerprint density at radius 1 is 0.895 bits per heavy atom. The molecule has 1 heteroatoms. The first-order valence-electron chi connectivity index (χ1n) is 7.42. The molecule has 1 radical (unpaired) electrons. The first-order chi connectivity index (χ1) is 8.34. The van der Waals surface area contributed by atoms with E-state index < -0.39 is 0 Å². The molecule has 0 aromatic heterocycles. The molecule has 0 nitrogen and oxygen atoms in total. The van der Waals surface area contributed by atoms with E-state index in [4.69, 9.17) is 0 Å². The summed E-state index contributed by atoms with van der Waals surface area (Å²) in [6, 6.07) is 3.74. The molecule has 0 spiro atoms. The summed E-state index contributed by atoms with van der Waals surface area (Å²) in [7, 11) is 0. The van der Waals surface area contributed by atoms with Crippen LogP contribution in [0.2, 0.25) is 0 Å². The molecule has 0 fully saturated rings. The van der Waals surface area contributed by atoms with Crippen LogP contribution in [0.1, 0.15) is 78.2 Å². The predicted octanol–water partition coefficient (Wildman–Crippen LogP) is 4.88. The quantitative estimate of drug-likeness (QED) is 0.595. The molecule has 2 atom stereocenters. The van der Waals surface area contributed by atoms with Crippen LogP contribution >= 0.6 is 0 Å². The fourth-order valence-corrected chi connectivity index (χ4v) is 4.67. The van der Waals surface area contributed by atoms with Crippen LogP contribution in [-0.4, -0.2) is 0 Å². The van der Waals surface area contributed by atoms with E-state index in [-0.39, 0.29) is 40.1 Å². The summed E-state index contributed by atoms with van der Waals surface area (Å²) in [5, 5.41) is 0. The van der Waals surface area contributed by atoms with Crippen LogP contribution in [-0.2, 0) is 45.6 Å². The Morgan fingerprint density at radius 2 is 1.53 bits per heavy atom. The Balaban J connectivity index is 0.000000667. The van der Waals surface area contributed by atoms with E-state index in [1.165, 1.54) is 56.9 Å². The van der Waals surface area contributed by atoms with E-state index in [1.807, 2.05) is 5.56 Å². The Labute approximate surface area is 143 Å². The van der Waals surface area contributed by atoms with Crippen LogP contribution < -0.4 is 0 Å². The molecular weight excluding hydrogens is 305 g/mol. The zero-order chi connectivity index (χ0) is 11.4. The minimum Gasteiger partial charge on any atom is -0.358 e. The fraction of sp³-hybridized carbons (Fsp3) is 0.611. The molecule has 0 aliphatic heterocycles. The molecular formula is C18H24Y-2. The Kier molecular flexibility index (Phi) is 4.94. The maximum Gasteiger partial charge on any atom is 0 e. The van der Waals surface area contributed by atoms with Crippen molar-refractivity contribution in [2.75, 3.05) is 0 Å². The Bertz CT molecular complexity index is 475. The third kappa shape index (κ3) is 2.38. The van der Waals surface area contributed by atoms with Gasteiger partial charge >= 0.3 is 0 Å². The first kappa shape index (κ1) is 15.7. The van der Waals surface area contributed by atoms with Crippen molar-refractivity contribution in [3.05, 3.63) is 41.3 Å². The van der Waals surface area contributed by atoms with Crippen molar-refractivity contribution in [1.82, 2.24) is 0 Å². The van der Waals surface area contributed by atoms with Gasteiger partial charge in [-0.3, -0.25) is 0 Å². The zero-order valence-corrected chi connectivity index (χ0v) is 15.2. The van der Waals surface area contributed by atoms with E-state index in [2.05, 4.69) is 13.0 Å². The number of hydrogen-bond donors (Lipinski definition) is 0. The summed E-state index contributed by atoms with van der Waals surface area (Å²) in [6.45, 7) is 2.30. The number of benzene rings is 1. The second-order valence-electron chi connectivity index (χ2n) is 6.29. The second-order valence-corrected chi connectivity index (χ2v) is 6.29. The second kappa shape index (κ2) is 5.98. The van der Waals surface area contributed by atoms with E-state index >= 15 is 0 Å². The van der Waals surface area contributed by atoms with Gasteiger partial charge in [-0.05, 0) is 18.8 Å². The molecule has 0 amide bonds. The Morgan fingerprint density at radius 3 is 2.26 bits per heavy atom. The van der Waals surface area contributed by atoms with Crippen LogP contribution in [0.3, 0.4) is 0 Å². The summed E-state index contributed by atoms with van der Waals surface area (Å²) in [5.74, 6) is 1.81. The zero-order valence-electron chi connectivity index (χ0n) is 12.4. The van der Waals surface area contributed by atoms with Crippen molar-refractivity contribution in [3.63, 3.8) is 0 Å². The number of hydrogen-bond acceptors (Lipinski definition) is 0. The average Bonchev–Trinajstić information content (AvgIpc) is 2.37. The van der Waals surface area contributed by atoms with Gasteiger partial charge in [0, 0.05) is 32.7 Å². The maximum absolute atomic E-state index is 3.74. The first-order valence-corrected chi connectivity index (χ1v) is 7.42. The van der Waals surface area contributed by atoms with Gasteiger partial charge in [0.2, 0.25) is 0 Å². The summed E-state index contributed by atoms with van der Waals surface area (Å²) in [5.41, 5.74) is 8.38. The van der Waals surface area contributed by atoms with Crippen molar-refractivity contribution in [2.45, 2.75) is 70.1 Å². The number of aryl methyl sites for hydroxylation is 2. The van der Waals surface area contributed by atoms with Crippen molar-refractivity contribution in [3.8, 4) is 0 Å². The van der Waals surface area contributed by atoms with Crippen LogP contribution in [0.25, 0.3) is 0 Å². The van der Waals surface area contributed by atoms with Gasteiger partial charge in [0.1, 0.15) is 0 Å². The molecule has 101 valence electrons. The van der Waals surface area contributed by atoms with Gasteiger partial charge in [-0.2, -0.15) is 17.2 Å². The normalized spacial score (nSPS) is 26.8. The predicted molar refractivity (Wildman–Crippen MR) is 77.0 cm³/mol. The molecule has 0 heterocycles.